The minimum Gasteiger partial charge on any atom is -0.454 e. The summed E-state index contributed by atoms with van der Waals surface area (Å²) in [5.41, 5.74) is 1.11. The normalized spacial score (nSPS) is 12.8. The molecule has 1 aromatic carbocycles. The maximum Gasteiger partial charge on any atom is 0.234 e. The van der Waals surface area contributed by atoms with E-state index in [-0.39, 0.29) is 12.7 Å². The van der Waals surface area contributed by atoms with Crippen LogP contribution in [0.3, 0.4) is 0 Å². The predicted molar refractivity (Wildman–Crippen MR) is 76.8 cm³/mol. The maximum atomic E-state index is 11.7. The first-order valence-corrected chi connectivity index (χ1v) is 7.03. The van der Waals surface area contributed by atoms with Gasteiger partial charge in [0, 0.05) is 13.1 Å². The average molecular weight is 278 g/mol. The standard InChI is InChI=1S/C15H22N2O3/c1-3-4-7-16-15(18)10-17(2)9-12-5-6-13-14(8-12)20-11-19-13/h5-6,8H,3-4,7,9-11H2,1-2H3,(H,16,18). The highest BCUT2D eigenvalue weighted by atomic mass is 16.7. The van der Waals surface area contributed by atoms with E-state index in [0.29, 0.717) is 13.1 Å². The van der Waals surface area contributed by atoms with E-state index in [4.69, 9.17) is 9.47 Å². The summed E-state index contributed by atoms with van der Waals surface area (Å²) in [6.45, 7) is 4.26. The number of likely N-dealkylation sites (N-methyl/N-ethyl adjacent to an activating group) is 1. The molecule has 1 amide bonds. The first kappa shape index (κ1) is 14.7. The Balaban J connectivity index is 1.79. The fraction of sp³-hybridized carbons (Fsp3) is 0.533. The molecule has 0 fully saturated rings. The molecule has 0 aromatic heterocycles. The number of hydrogen-bond donors (Lipinski definition) is 1. The minimum atomic E-state index is 0.0710. The Bertz CT molecular complexity index is 462. The second kappa shape index (κ2) is 7.14. The highest BCUT2D eigenvalue weighted by Crippen LogP contribution is 2.32. The number of unbranched alkanes of at least 4 members (excludes halogenated alkanes) is 1. The summed E-state index contributed by atoms with van der Waals surface area (Å²) < 4.78 is 10.6. The molecule has 110 valence electrons. The predicted octanol–water partition coefficient (Wildman–Crippen LogP) is 1.76. The Hall–Kier alpha value is -1.75. The van der Waals surface area contributed by atoms with Crippen LogP contribution in [0.25, 0.3) is 0 Å². The van der Waals surface area contributed by atoms with Gasteiger partial charge in [-0.3, -0.25) is 9.69 Å². The van der Waals surface area contributed by atoms with Gasteiger partial charge in [0.25, 0.3) is 0 Å². The lowest BCUT2D eigenvalue weighted by molar-refractivity contribution is -0.122. The quantitative estimate of drug-likeness (QED) is 0.772. The molecule has 0 bridgehead atoms. The average Bonchev–Trinajstić information content (AvgIpc) is 2.86. The van der Waals surface area contributed by atoms with Crippen LogP contribution in [-0.2, 0) is 11.3 Å². The van der Waals surface area contributed by atoms with Crippen molar-refractivity contribution in [3.63, 3.8) is 0 Å². The van der Waals surface area contributed by atoms with Crippen LogP contribution in [0.15, 0.2) is 18.2 Å². The number of ether oxygens (including phenoxy) is 2. The van der Waals surface area contributed by atoms with Gasteiger partial charge in [-0.1, -0.05) is 19.4 Å². The van der Waals surface area contributed by atoms with Crippen molar-refractivity contribution in [1.29, 1.82) is 0 Å². The SMILES string of the molecule is CCCCNC(=O)CN(C)Cc1ccc2c(c1)OCO2. The second-order valence-corrected chi connectivity index (χ2v) is 5.06. The zero-order chi connectivity index (χ0) is 14.4. The first-order valence-electron chi connectivity index (χ1n) is 7.03. The smallest absolute Gasteiger partial charge is 0.234 e. The summed E-state index contributed by atoms with van der Waals surface area (Å²) in [4.78, 5) is 13.7. The lowest BCUT2D eigenvalue weighted by Gasteiger charge is -2.16. The summed E-state index contributed by atoms with van der Waals surface area (Å²) in [7, 11) is 1.93. The number of nitrogens with one attached hydrogen (secondary N) is 1. The molecule has 1 N–H and O–H groups in total. The third-order valence-corrected chi connectivity index (χ3v) is 3.16. The van der Waals surface area contributed by atoms with Crippen molar-refractivity contribution < 1.29 is 14.3 Å². The van der Waals surface area contributed by atoms with Crippen molar-refractivity contribution in [3.8, 4) is 11.5 Å². The van der Waals surface area contributed by atoms with E-state index in [9.17, 15) is 4.79 Å². The van der Waals surface area contributed by atoms with Gasteiger partial charge in [0.05, 0.1) is 6.54 Å². The molecule has 0 spiro atoms. The Morgan fingerprint density at radius 2 is 2.15 bits per heavy atom. The first-order chi connectivity index (χ1) is 9.69. The van der Waals surface area contributed by atoms with Gasteiger partial charge < -0.3 is 14.8 Å². The highest BCUT2D eigenvalue weighted by molar-refractivity contribution is 5.77. The number of amides is 1. The Morgan fingerprint density at radius 1 is 1.35 bits per heavy atom. The van der Waals surface area contributed by atoms with Crippen molar-refractivity contribution in [2.45, 2.75) is 26.3 Å². The summed E-state index contributed by atoms with van der Waals surface area (Å²) in [5, 5.41) is 2.92. The molecule has 5 heteroatoms. The summed E-state index contributed by atoms with van der Waals surface area (Å²) in [6, 6.07) is 5.87. The molecule has 0 saturated carbocycles. The van der Waals surface area contributed by atoms with Crippen LogP contribution in [0.5, 0.6) is 11.5 Å². The number of benzene rings is 1. The molecular weight excluding hydrogens is 256 g/mol. The van der Waals surface area contributed by atoms with Crippen molar-refractivity contribution in [2.75, 3.05) is 26.9 Å². The molecule has 20 heavy (non-hydrogen) atoms. The van der Waals surface area contributed by atoms with Crippen molar-refractivity contribution >= 4 is 5.91 Å². The van der Waals surface area contributed by atoms with Gasteiger partial charge in [0.1, 0.15) is 0 Å². The van der Waals surface area contributed by atoms with Crippen LogP contribution < -0.4 is 14.8 Å². The molecule has 5 nitrogen and oxygen atoms in total. The van der Waals surface area contributed by atoms with Gasteiger partial charge in [-0.05, 0) is 31.2 Å². The van der Waals surface area contributed by atoms with Gasteiger partial charge >= 0.3 is 0 Å². The Morgan fingerprint density at radius 3 is 2.95 bits per heavy atom. The summed E-state index contributed by atoms with van der Waals surface area (Å²) in [5.74, 6) is 1.64. The third-order valence-electron chi connectivity index (χ3n) is 3.16. The lowest BCUT2D eigenvalue weighted by Crippen LogP contribution is -2.35. The van der Waals surface area contributed by atoms with Crippen LogP contribution in [0, 0.1) is 0 Å². The van der Waals surface area contributed by atoms with E-state index in [0.717, 1.165) is 36.4 Å². The molecule has 0 aliphatic carbocycles. The zero-order valence-corrected chi connectivity index (χ0v) is 12.1. The van der Waals surface area contributed by atoms with E-state index in [1.165, 1.54) is 0 Å². The maximum absolute atomic E-state index is 11.7. The fourth-order valence-electron chi connectivity index (χ4n) is 2.11. The number of rotatable bonds is 7. The molecule has 2 rings (SSSR count). The summed E-state index contributed by atoms with van der Waals surface area (Å²) >= 11 is 0. The van der Waals surface area contributed by atoms with E-state index >= 15 is 0 Å². The van der Waals surface area contributed by atoms with Crippen LogP contribution in [0.4, 0.5) is 0 Å². The largest absolute Gasteiger partial charge is 0.454 e. The molecular formula is C15H22N2O3. The second-order valence-electron chi connectivity index (χ2n) is 5.06. The van der Waals surface area contributed by atoms with Gasteiger partial charge in [-0.25, -0.2) is 0 Å². The van der Waals surface area contributed by atoms with Gasteiger partial charge in [0.15, 0.2) is 11.5 Å². The van der Waals surface area contributed by atoms with Crippen LogP contribution in [-0.4, -0.2) is 37.7 Å². The Kier molecular flexibility index (Phi) is 5.24. The van der Waals surface area contributed by atoms with Crippen molar-refractivity contribution in [1.82, 2.24) is 10.2 Å². The number of carbonyl (C=O) groups excluding carboxylic acids is 1. The summed E-state index contributed by atoms with van der Waals surface area (Å²) in [6.07, 6.45) is 2.12. The zero-order valence-electron chi connectivity index (χ0n) is 12.1. The topological polar surface area (TPSA) is 50.8 Å². The van der Waals surface area contributed by atoms with Crippen molar-refractivity contribution in [2.24, 2.45) is 0 Å². The number of hydrogen-bond acceptors (Lipinski definition) is 4. The fourth-order valence-corrected chi connectivity index (χ4v) is 2.11. The van der Waals surface area contributed by atoms with Gasteiger partial charge in [-0.15, -0.1) is 0 Å². The molecule has 1 heterocycles. The third kappa shape index (κ3) is 4.13. The molecule has 0 unspecified atom stereocenters. The molecule has 1 aromatic rings. The monoisotopic (exact) mass is 278 g/mol. The number of nitrogens with zero attached hydrogens (tertiary/aromatic N) is 1. The van der Waals surface area contributed by atoms with Crippen LogP contribution >= 0.6 is 0 Å². The van der Waals surface area contributed by atoms with E-state index in [1.807, 2.05) is 30.1 Å². The Labute approximate surface area is 119 Å². The van der Waals surface area contributed by atoms with Gasteiger partial charge in [0.2, 0.25) is 12.7 Å². The van der Waals surface area contributed by atoms with E-state index in [2.05, 4.69) is 12.2 Å². The molecule has 0 saturated heterocycles. The van der Waals surface area contributed by atoms with Crippen molar-refractivity contribution in [3.05, 3.63) is 23.8 Å². The number of fused-ring (bicyclic) bond motifs is 1. The lowest BCUT2D eigenvalue weighted by atomic mass is 10.2. The van der Waals surface area contributed by atoms with E-state index in [1.54, 1.807) is 0 Å². The van der Waals surface area contributed by atoms with E-state index < -0.39 is 0 Å². The number of carbonyl (C=O) groups is 1. The van der Waals surface area contributed by atoms with Crippen LogP contribution in [0.2, 0.25) is 0 Å². The van der Waals surface area contributed by atoms with Crippen LogP contribution in [0.1, 0.15) is 25.3 Å². The minimum absolute atomic E-state index is 0.0710. The molecule has 1 aliphatic heterocycles. The molecule has 0 radical (unpaired) electrons. The molecule has 1 aliphatic rings. The highest BCUT2D eigenvalue weighted by Gasteiger charge is 2.14. The molecule has 0 atom stereocenters. The van der Waals surface area contributed by atoms with Gasteiger partial charge in [-0.2, -0.15) is 0 Å².